The quantitative estimate of drug-likeness (QED) is 0.0435. The maximum atomic E-state index is 13.8. The molecule has 22 nitrogen and oxygen atoms in total. The lowest BCUT2D eigenvalue weighted by Crippen LogP contribution is -2.21. The van der Waals surface area contributed by atoms with Crippen LogP contribution in [0.1, 0.15) is 71.4 Å². The summed E-state index contributed by atoms with van der Waals surface area (Å²) in [6.45, 7) is 2.83. The minimum absolute atomic E-state index is 0.200. The van der Waals surface area contributed by atoms with Crippen LogP contribution in [0.4, 0.5) is 35.1 Å². The molecular weight excluding hydrogens is 1690 g/mol. The molecule has 5 aromatic carbocycles. The summed E-state index contributed by atoms with van der Waals surface area (Å²) in [7, 11) is 8.52. The SMILES string of the molecule is CCc1ccc(Oc2ncccc2-c2cccc3c2OCC3)cn1.COCC(F)(F)c1ccc(Oc2ncccc2-c2ccc(F)cc2OC)cn1.COCC(F)(F)c1ccc(Oc2ncccc2-c2ccccc2OC)cn1.COc1cc(F)ccc1-c1cccnc1Oc1cnc(C(F)F)c(C)c1.COc1ccccc1-c1cccnc1Oc1cnc2c(c1)CCCC2. The van der Waals surface area contributed by atoms with Gasteiger partial charge in [0.05, 0.1) is 66.0 Å². The van der Waals surface area contributed by atoms with Gasteiger partial charge in [0, 0.05) is 131 Å². The summed E-state index contributed by atoms with van der Waals surface area (Å²) >= 11 is 0. The van der Waals surface area contributed by atoms with Crippen LogP contribution in [0.3, 0.4) is 0 Å². The van der Waals surface area contributed by atoms with Crippen molar-refractivity contribution in [2.45, 2.75) is 70.6 Å². The van der Waals surface area contributed by atoms with Crippen LogP contribution in [-0.2, 0) is 47.0 Å². The molecule has 0 spiro atoms. The minimum Gasteiger partial charge on any atom is -0.496 e. The molecule has 1 aliphatic heterocycles. The monoisotopic (exact) mass is 1770 g/mol. The summed E-state index contributed by atoms with van der Waals surface area (Å²) in [6, 6.07) is 60.7. The van der Waals surface area contributed by atoms with E-state index in [1.165, 1.54) is 145 Å². The number of aromatic nitrogens is 10. The standard InChI is InChI=1S/C21H20N2O2.C20H17F3N2O3.C20H18F2N2O3.C20H18N2O2.C19H15F3N2O2/c1-24-20-11-5-3-8-17(20)18-9-6-12-22-21(18)25-16-13-15-7-2-4-10-19(15)23-14-16;1-26-12-20(22,23)18-8-6-14(11-25-18)28-19-16(4-3-9-24-19)15-7-5-13(21)10-17(15)27-2;1-25-13-20(21,22)18-10-9-14(12-24-18)27-19-16(7-5-11-23-19)15-6-3-4-8-17(15)26-2;1-2-15-8-9-16(13-22-15)24-20-18(7-4-11-21-20)17-6-3-5-14-10-12-23-19(14)17;1-11-8-13(10-24-17(11)18(21)22)26-19-15(4-3-7-23-19)14-6-5-12(20)9-16(14)25-2/h3,5-6,8-9,11-14H,2,4,7,10H2,1H3;3-11H,12H2,1-2H3;3-12H,13H2,1-2H3;3-9,11,13H,2,10,12H2,1H3;3-10,18H,1-2H3. The highest BCUT2D eigenvalue weighted by Crippen LogP contribution is 2.45. The molecule has 30 heteroatoms. The zero-order valence-corrected chi connectivity index (χ0v) is 71.8. The molecule has 2 aliphatic rings. The molecule has 15 aromatic rings. The number of alkyl halides is 6. The van der Waals surface area contributed by atoms with Crippen molar-refractivity contribution in [1.82, 2.24) is 49.8 Å². The number of methoxy groups -OCH3 is 6. The van der Waals surface area contributed by atoms with E-state index in [4.69, 9.17) is 47.4 Å². The molecule has 0 atom stereocenters. The summed E-state index contributed by atoms with van der Waals surface area (Å²) in [4.78, 5) is 41.7. The second-order valence-corrected chi connectivity index (χ2v) is 28.8. The largest absolute Gasteiger partial charge is 0.496 e. The lowest BCUT2D eigenvalue weighted by Gasteiger charge is -2.16. The third-order valence-electron chi connectivity index (χ3n) is 20.1. The van der Waals surface area contributed by atoms with E-state index in [1.807, 2.05) is 97.1 Å². The third kappa shape index (κ3) is 23.6. The fraction of sp³-hybridized carbons (Fsp3) is 0.200. The van der Waals surface area contributed by atoms with Gasteiger partial charge < -0.3 is 56.8 Å². The average molecular weight is 1770 g/mol. The second-order valence-electron chi connectivity index (χ2n) is 28.8. The van der Waals surface area contributed by atoms with Gasteiger partial charge >= 0.3 is 11.8 Å². The van der Waals surface area contributed by atoms with E-state index in [1.54, 1.807) is 87.7 Å². The molecule has 0 amide bonds. The third-order valence-corrected chi connectivity index (χ3v) is 20.1. The molecule has 0 bridgehead atoms. The fourth-order valence-electron chi connectivity index (χ4n) is 13.9. The number of aryl methyl sites for hydroxylation is 4. The van der Waals surface area contributed by atoms with Crippen LogP contribution in [0.15, 0.2) is 274 Å². The predicted octanol–water partition coefficient (Wildman–Crippen LogP) is 24.1. The topological polar surface area (TPSA) is 240 Å². The van der Waals surface area contributed by atoms with Gasteiger partial charge in [0.15, 0.2) is 0 Å². The van der Waals surface area contributed by atoms with Gasteiger partial charge in [0.2, 0.25) is 29.4 Å². The smallest absolute Gasteiger partial charge is 0.312 e. The van der Waals surface area contributed by atoms with Crippen LogP contribution in [0.2, 0.25) is 0 Å². The zero-order chi connectivity index (χ0) is 91.5. The average Bonchev–Trinajstić information content (AvgIpc) is 1.66. The second kappa shape index (κ2) is 44.4. The first kappa shape index (κ1) is 92.6. The van der Waals surface area contributed by atoms with E-state index >= 15 is 0 Å². The van der Waals surface area contributed by atoms with E-state index in [-0.39, 0.29) is 34.6 Å². The van der Waals surface area contributed by atoms with Gasteiger partial charge in [-0.15, -0.1) is 0 Å². The van der Waals surface area contributed by atoms with Crippen molar-refractivity contribution in [3.63, 3.8) is 0 Å². The fourth-order valence-corrected chi connectivity index (χ4v) is 13.9. The molecule has 10 aromatic heterocycles. The normalized spacial score (nSPS) is 11.8. The van der Waals surface area contributed by atoms with Crippen molar-refractivity contribution in [3.8, 4) is 143 Å². The van der Waals surface area contributed by atoms with Crippen LogP contribution >= 0.6 is 0 Å². The Hall–Kier alpha value is -15.0. The van der Waals surface area contributed by atoms with Crippen LogP contribution in [0, 0.1) is 18.6 Å². The summed E-state index contributed by atoms with van der Waals surface area (Å²) in [6.07, 6.45) is 19.0. The molecule has 0 radical (unpaired) electrons. The highest BCUT2D eigenvalue weighted by atomic mass is 19.3. The zero-order valence-electron chi connectivity index (χ0n) is 71.8. The van der Waals surface area contributed by atoms with Crippen molar-refractivity contribution in [3.05, 3.63) is 331 Å². The van der Waals surface area contributed by atoms with Crippen LogP contribution in [-0.4, -0.2) is 112 Å². The number of rotatable bonds is 27. The highest BCUT2D eigenvalue weighted by Gasteiger charge is 2.35. The molecule has 0 fully saturated rings. The molecule has 666 valence electrons. The van der Waals surface area contributed by atoms with Gasteiger partial charge in [-0.25, -0.2) is 42.5 Å². The molecule has 0 saturated heterocycles. The summed E-state index contributed by atoms with van der Waals surface area (Å²) in [5.41, 5.74) is 11.6. The maximum absolute atomic E-state index is 13.8. The van der Waals surface area contributed by atoms with Crippen molar-refractivity contribution in [2.75, 3.05) is 62.5 Å². The molecule has 0 N–H and O–H groups in total. The molecule has 1 aliphatic carbocycles. The van der Waals surface area contributed by atoms with Gasteiger partial charge in [-0.1, -0.05) is 61.5 Å². The lowest BCUT2D eigenvalue weighted by atomic mass is 9.96. The van der Waals surface area contributed by atoms with Crippen molar-refractivity contribution in [2.24, 2.45) is 0 Å². The van der Waals surface area contributed by atoms with Crippen LogP contribution in [0.25, 0.3) is 55.6 Å². The molecule has 0 unspecified atom stereocenters. The van der Waals surface area contributed by atoms with E-state index in [2.05, 4.69) is 84.4 Å². The van der Waals surface area contributed by atoms with Crippen LogP contribution in [0.5, 0.6) is 86.9 Å². The van der Waals surface area contributed by atoms with E-state index < -0.39 is 48.8 Å². The summed E-state index contributed by atoms with van der Waals surface area (Å²) in [5.74, 6) is -0.137. The number of nitrogens with zero attached hydrogens (tertiary/aromatic N) is 10. The first-order valence-corrected chi connectivity index (χ1v) is 40.9. The number of hydrogen-bond donors (Lipinski definition) is 0. The Morgan fingerprint density at radius 1 is 0.354 bits per heavy atom. The Balaban J connectivity index is 0.000000139. The van der Waals surface area contributed by atoms with Gasteiger partial charge in [-0.3, -0.25) is 24.9 Å². The Labute approximate surface area is 744 Å². The van der Waals surface area contributed by atoms with E-state index in [9.17, 15) is 35.1 Å². The molecule has 11 heterocycles. The Morgan fingerprint density at radius 3 is 1.16 bits per heavy atom. The number of benzene rings is 5. The minimum atomic E-state index is -3.20. The molecule has 17 rings (SSSR count). The van der Waals surface area contributed by atoms with Gasteiger partial charge in [0.1, 0.15) is 99.4 Å². The number of ether oxygens (including phenoxy) is 12. The Morgan fingerprint density at radius 2 is 0.746 bits per heavy atom. The number of pyridine rings is 10. The first-order valence-electron chi connectivity index (χ1n) is 40.9. The molecule has 0 saturated carbocycles. The van der Waals surface area contributed by atoms with Crippen LogP contribution < -0.4 is 47.4 Å². The molecule has 130 heavy (non-hydrogen) atoms. The number of para-hydroxylation sites is 3. The summed E-state index contributed by atoms with van der Waals surface area (Å²) < 4.78 is 173. The van der Waals surface area contributed by atoms with Gasteiger partial charge in [-0.05, 0) is 201 Å². The number of fused-ring (bicyclic) bond motifs is 2. The molecular formula is C100H88F8N10O12. The Kier molecular flexibility index (Phi) is 31.6. The van der Waals surface area contributed by atoms with Gasteiger partial charge in [-0.2, -0.15) is 17.6 Å². The van der Waals surface area contributed by atoms with Crippen molar-refractivity contribution < 1.29 is 92.0 Å². The van der Waals surface area contributed by atoms with Gasteiger partial charge in [0.25, 0.3) is 6.43 Å². The van der Waals surface area contributed by atoms with Crippen molar-refractivity contribution in [1.29, 1.82) is 0 Å². The maximum Gasteiger partial charge on any atom is 0.312 e. The number of halogens is 8. The highest BCUT2D eigenvalue weighted by molar-refractivity contribution is 5.79. The van der Waals surface area contributed by atoms with E-state index in [0.717, 1.165) is 89.1 Å². The van der Waals surface area contributed by atoms with Crippen molar-refractivity contribution >= 4 is 0 Å². The first-order chi connectivity index (χ1) is 63.2. The summed E-state index contributed by atoms with van der Waals surface area (Å²) in [5, 5.41) is 0. The number of hydrogen-bond acceptors (Lipinski definition) is 22. The van der Waals surface area contributed by atoms with E-state index in [0.29, 0.717) is 79.8 Å². The predicted molar refractivity (Wildman–Crippen MR) is 472 cm³/mol. The lowest BCUT2D eigenvalue weighted by molar-refractivity contribution is -0.0733. The Bertz CT molecular complexity index is 6290.